The molecule has 17 nitrogen and oxygen atoms in total. The van der Waals surface area contributed by atoms with Crippen molar-refractivity contribution in [1.29, 1.82) is 0 Å². The van der Waals surface area contributed by atoms with Gasteiger partial charge in [-0.25, -0.2) is 9.13 Å². The third-order valence-electron chi connectivity index (χ3n) is 15.7. The number of hydrogen-bond acceptors (Lipinski definition) is 15. The van der Waals surface area contributed by atoms with Gasteiger partial charge >= 0.3 is 39.5 Å². The molecule has 0 fully saturated rings. The summed E-state index contributed by atoms with van der Waals surface area (Å²) in [5, 5.41) is 10.6. The maximum absolute atomic E-state index is 13.0. The van der Waals surface area contributed by atoms with Crippen molar-refractivity contribution in [3.05, 3.63) is 0 Å². The van der Waals surface area contributed by atoms with E-state index < -0.39 is 97.5 Å². The minimum atomic E-state index is -4.95. The molecule has 0 saturated heterocycles. The summed E-state index contributed by atoms with van der Waals surface area (Å²) in [5.41, 5.74) is 0. The van der Waals surface area contributed by atoms with E-state index in [-0.39, 0.29) is 25.7 Å². The van der Waals surface area contributed by atoms with Crippen LogP contribution in [-0.4, -0.2) is 96.7 Å². The van der Waals surface area contributed by atoms with Crippen molar-refractivity contribution >= 4 is 39.5 Å². The van der Waals surface area contributed by atoms with Crippen LogP contribution in [0.5, 0.6) is 0 Å². The highest BCUT2D eigenvalue weighted by Gasteiger charge is 2.30. The number of aliphatic hydroxyl groups excluding tert-OH is 1. The summed E-state index contributed by atoms with van der Waals surface area (Å²) in [7, 11) is -9.89. The minimum Gasteiger partial charge on any atom is -0.462 e. The number of phosphoric ester groups is 2. The number of ether oxygens (including phenoxy) is 4. The molecule has 0 aromatic rings. The van der Waals surface area contributed by atoms with E-state index in [1.54, 1.807) is 0 Å². The maximum atomic E-state index is 13.0. The standard InChI is InChI=1S/C67H130O17P2/c1-8-10-11-12-13-27-34-41-48-64(69)77-54-62(84-67(72)51-44-37-30-23-22-26-33-40-47-60(7)9-2)56-81-85(73,74)79-52-61(68)53-80-86(75,76)82-57-63(83-66(71)50-43-36-29-21-17-15-19-25-32-39-46-59(5)6)55-78-65(70)49-42-35-28-20-16-14-18-24-31-38-45-58(3)4/h58-63,68H,8-57H2,1-7H3,(H,73,74)(H,75,76)/t60?,61-,62+,63+/m0/s1. The Hall–Kier alpha value is -1.94. The van der Waals surface area contributed by atoms with Crippen LogP contribution in [0.3, 0.4) is 0 Å². The molecule has 0 aliphatic carbocycles. The van der Waals surface area contributed by atoms with Crippen LogP contribution in [0.1, 0.15) is 331 Å². The predicted octanol–water partition coefficient (Wildman–Crippen LogP) is 18.7. The van der Waals surface area contributed by atoms with Crippen molar-refractivity contribution < 1.29 is 80.2 Å². The highest BCUT2D eigenvalue weighted by Crippen LogP contribution is 2.45. The highest BCUT2D eigenvalue weighted by atomic mass is 31.2. The normalized spacial score (nSPS) is 14.6. The van der Waals surface area contributed by atoms with Gasteiger partial charge in [-0.05, 0) is 43.4 Å². The Bertz CT molecular complexity index is 1700. The molecule has 0 spiro atoms. The summed E-state index contributed by atoms with van der Waals surface area (Å²) in [6, 6.07) is 0. The first-order valence-electron chi connectivity index (χ1n) is 34.9. The fraction of sp³-hybridized carbons (Fsp3) is 0.940. The van der Waals surface area contributed by atoms with Crippen molar-refractivity contribution in [2.45, 2.75) is 349 Å². The van der Waals surface area contributed by atoms with Crippen LogP contribution < -0.4 is 0 Å². The third-order valence-corrected chi connectivity index (χ3v) is 17.6. The second-order valence-corrected chi connectivity index (χ2v) is 28.3. The van der Waals surface area contributed by atoms with Gasteiger partial charge < -0.3 is 33.8 Å². The zero-order valence-corrected chi connectivity index (χ0v) is 57.6. The smallest absolute Gasteiger partial charge is 0.462 e. The zero-order chi connectivity index (χ0) is 63.8. The van der Waals surface area contributed by atoms with E-state index in [9.17, 15) is 43.2 Å². The Morgan fingerprint density at radius 1 is 0.337 bits per heavy atom. The van der Waals surface area contributed by atoms with Gasteiger partial charge in [0.1, 0.15) is 19.3 Å². The van der Waals surface area contributed by atoms with Gasteiger partial charge in [0.05, 0.1) is 26.4 Å². The molecule has 0 rings (SSSR count). The second-order valence-electron chi connectivity index (χ2n) is 25.4. The molecule has 510 valence electrons. The van der Waals surface area contributed by atoms with E-state index in [0.29, 0.717) is 25.7 Å². The molecular formula is C67H130O17P2. The van der Waals surface area contributed by atoms with Gasteiger partial charge in [0.15, 0.2) is 12.2 Å². The molecule has 19 heteroatoms. The molecule has 0 aromatic carbocycles. The fourth-order valence-electron chi connectivity index (χ4n) is 9.98. The summed E-state index contributed by atoms with van der Waals surface area (Å²) in [4.78, 5) is 72.3. The van der Waals surface area contributed by atoms with E-state index in [2.05, 4.69) is 48.5 Å². The molecule has 0 bridgehead atoms. The molecule has 0 saturated carbocycles. The van der Waals surface area contributed by atoms with Crippen molar-refractivity contribution in [1.82, 2.24) is 0 Å². The second kappa shape index (κ2) is 58.2. The molecule has 86 heavy (non-hydrogen) atoms. The summed E-state index contributed by atoms with van der Waals surface area (Å²) >= 11 is 0. The van der Waals surface area contributed by atoms with Gasteiger partial charge in [0, 0.05) is 25.7 Å². The van der Waals surface area contributed by atoms with Crippen LogP contribution in [0.2, 0.25) is 0 Å². The molecular weight excluding hydrogens is 1140 g/mol. The lowest BCUT2D eigenvalue weighted by Crippen LogP contribution is -2.30. The molecule has 0 heterocycles. The molecule has 0 aliphatic rings. The van der Waals surface area contributed by atoms with Crippen LogP contribution in [0.4, 0.5) is 0 Å². The molecule has 6 atom stereocenters. The Morgan fingerprint density at radius 2 is 0.593 bits per heavy atom. The molecule has 3 N–H and O–H groups in total. The fourth-order valence-corrected chi connectivity index (χ4v) is 11.6. The zero-order valence-electron chi connectivity index (χ0n) is 55.8. The Labute approximate surface area is 524 Å². The van der Waals surface area contributed by atoms with Crippen molar-refractivity contribution in [2.24, 2.45) is 17.8 Å². The van der Waals surface area contributed by atoms with Gasteiger partial charge in [-0.1, -0.05) is 280 Å². The van der Waals surface area contributed by atoms with Crippen LogP contribution in [0.15, 0.2) is 0 Å². The quantitative estimate of drug-likeness (QED) is 0.0222. The molecule has 0 aliphatic heterocycles. The van der Waals surface area contributed by atoms with E-state index in [0.717, 1.165) is 114 Å². The van der Waals surface area contributed by atoms with E-state index in [1.807, 2.05) is 0 Å². The van der Waals surface area contributed by atoms with Crippen molar-refractivity contribution in [3.8, 4) is 0 Å². The molecule has 0 amide bonds. The van der Waals surface area contributed by atoms with Gasteiger partial charge in [0.2, 0.25) is 0 Å². The number of aliphatic hydroxyl groups is 1. The Morgan fingerprint density at radius 3 is 0.884 bits per heavy atom. The number of hydrogen-bond donors (Lipinski definition) is 3. The average Bonchev–Trinajstić information content (AvgIpc) is 3.69. The number of esters is 4. The van der Waals surface area contributed by atoms with Crippen molar-refractivity contribution in [3.63, 3.8) is 0 Å². The maximum Gasteiger partial charge on any atom is 0.472 e. The average molecular weight is 1270 g/mol. The third kappa shape index (κ3) is 59.7. The van der Waals surface area contributed by atoms with Crippen LogP contribution >= 0.6 is 15.6 Å². The molecule has 0 aromatic heterocycles. The first-order chi connectivity index (χ1) is 41.3. The molecule has 0 radical (unpaired) electrons. The predicted molar refractivity (Wildman–Crippen MR) is 344 cm³/mol. The number of carbonyl (C=O) groups excluding carboxylic acids is 4. The first kappa shape index (κ1) is 84.1. The number of rotatable bonds is 65. The lowest BCUT2D eigenvalue weighted by atomic mass is 9.99. The van der Waals surface area contributed by atoms with Gasteiger partial charge in [0.25, 0.3) is 0 Å². The summed E-state index contributed by atoms with van der Waals surface area (Å²) in [6.45, 7) is 11.8. The van der Waals surface area contributed by atoms with Gasteiger partial charge in [-0.15, -0.1) is 0 Å². The number of phosphoric acid groups is 2. The highest BCUT2D eigenvalue weighted by molar-refractivity contribution is 7.47. The Balaban J connectivity index is 5.24. The largest absolute Gasteiger partial charge is 0.472 e. The lowest BCUT2D eigenvalue weighted by Gasteiger charge is -2.21. The summed E-state index contributed by atoms with van der Waals surface area (Å²) in [6.07, 6.45) is 40.3. The first-order valence-corrected chi connectivity index (χ1v) is 37.9. The van der Waals surface area contributed by atoms with E-state index >= 15 is 0 Å². The van der Waals surface area contributed by atoms with Gasteiger partial charge in [-0.2, -0.15) is 0 Å². The Kier molecular flexibility index (Phi) is 56.9. The van der Waals surface area contributed by atoms with Crippen molar-refractivity contribution in [2.75, 3.05) is 39.6 Å². The van der Waals surface area contributed by atoms with E-state index in [1.165, 1.54) is 135 Å². The molecule has 3 unspecified atom stereocenters. The van der Waals surface area contributed by atoms with Crippen LogP contribution in [0.25, 0.3) is 0 Å². The van der Waals surface area contributed by atoms with Gasteiger partial charge in [-0.3, -0.25) is 37.3 Å². The number of carbonyl (C=O) groups is 4. The summed E-state index contributed by atoms with van der Waals surface area (Å²) < 4.78 is 68.1. The SMILES string of the molecule is CCCCCCCCCCC(=O)OC[C@H](COP(=O)(O)OC[C@H](O)COP(=O)(O)OC[C@@H](COC(=O)CCCCCCCCCCCCC(C)C)OC(=O)CCCCCCCCCCCCC(C)C)OC(=O)CCCCCCCCCCC(C)CC. The lowest BCUT2D eigenvalue weighted by molar-refractivity contribution is -0.161. The monoisotopic (exact) mass is 1270 g/mol. The van der Waals surface area contributed by atoms with Crippen LogP contribution in [-0.2, 0) is 65.4 Å². The van der Waals surface area contributed by atoms with E-state index in [4.69, 9.17) is 37.0 Å². The summed E-state index contributed by atoms with van der Waals surface area (Å²) in [5.74, 6) is 0.146. The van der Waals surface area contributed by atoms with Crippen LogP contribution in [0, 0.1) is 17.8 Å². The minimum absolute atomic E-state index is 0.104. The number of unbranched alkanes of at least 4 members (excludes halogenated alkanes) is 32. The topological polar surface area (TPSA) is 237 Å².